The van der Waals surface area contributed by atoms with Gasteiger partial charge in [0.05, 0.1) is 6.10 Å². The van der Waals surface area contributed by atoms with E-state index in [0.717, 1.165) is 12.0 Å². The van der Waals surface area contributed by atoms with Gasteiger partial charge in [-0.15, -0.1) is 0 Å². The number of hydrogen-bond donors (Lipinski definition) is 0. The van der Waals surface area contributed by atoms with Crippen molar-refractivity contribution in [2.45, 2.75) is 45.1 Å². The predicted molar refractivity (Wildman–Crippen MR) is 43.4 cm³/mol. The Labute approximate surface area is 68.1 Å². The van der Waals surface area contributed by atoms with Gasteiger partial charge in [0.25, 0.3) is 0 Å². The lowest BCUT2D eigenvalue weighted by molar-refractivity contribution is -0.0704. The molecule has 3 aliphatic rings. The molecule has 3 rings (SSSR count). The molecule has 1 nitrogen and oxygen atoms in total. The van der Waals surface area contributed by atoms with E-state index in [1.807, 2.05) is 0 Å². The van der Waals surface area contributed by atoms with Gasteiger partial charge in [0.15, 0.2) is 0 Å². The molecular weight excluding hydrogens is 136 g/mol. The van der Waals surface area contributed by atoms with Crippen molar-refractivity contribution < 1.29 is 4.74 Å². The molecule has 62 valence electrons. The van der Waals surface area contributed by atoms with E-state index in [1.165, 1.54) is 32.1 Å². The van der Waals surface area contributed by atoms with Gasteiger partial charge in [-0.2, -0.15) is 0 Å². The van der Waals surface area contributed by atoms with Crippen molar-refractivity contribution in [1.82, 2.24) is 0 Å². The van der Waals surface area contributed by atoms with E-state index in [1.54, 1.807) is 0 Å². The van der Waals surface area contributed by atoms with Gasteiger partial charge in [-0.05, 0) is 44.4 Å². The van der Waals surface area contributed by atoms with Crippen LogP contribution in [0, 0.1) is 10.8 Å². The first kappa shape index (κ1) is 6.47. The smallest absolute Gasteiger partial charge is 0.0608 e. The highest BCUT2D eigenvalue weighted by Gasteiger charge is 2.68. The van der Waals surface area contributed by atoms with Crippen molar-refractivity contribution in [2.75, 3.05) is 6.61 Å². The van der Waals surface area contributed by atoms with Crippen LogP contribution in [0.1, 0.15) is 39.0 Å². The van der Waals surface area contributed by atoms with Crippen molar-refractivity contribution in [2.24, 2.45) is 10.8 Å². The highest BCUT2D eigenvalue weighted by molar-refractivity contribution is 5.18. The third-order valence-electron chi connectivity index (χ3n) is 4.43. The molecule has 2 aliphatic carbocycles. The average Bonchev–Trinajstić information content (AvgIpc) is 2.79. The molecular formula is C10H16O. The first-order valence-electron chi connectivity index (χ1n) is 4.91. The van der Waals surface area contributed by atoms with E-state index < -0.39 is 0 Å². The van der Waals surface area contributed by atoms with Gasteiger partial charge in [-0.1, -0.05) is 0 Å². The summed E-state index contributed by atoms with van der Waals surface area (Å²) in [5, 5.41) is 0. The Balaban J connectivity index is 1.93. The van der Waals surface area contributed by atoms with Crippen molar-refractivity contribution in [3.8, 4) is 0 Å². The zero-order valence-electron chi connectivity index (χ0n) is 7.23. The lowest BCUT2D eigenvalue weighted by atomic mass is 9.77. The monoisotopic (exact) mass is 152 g/mol. The summed E-state index contributed by atoms with van der Waals surface area (Å²) in [6, 6.07) is 0. The molecule has 1 aliphatic heterocycles. The zero-order valence-corrected chi connectivity index (χ0v) is 7.23. The Morgan fingerprint density at radius 1 is 1.09 bits per heavy atom. The molecule has 0 aromatic rings. The fraction of sp³-hybridized carbons (Fsp3) is 1.00. The Morgan fingerprint density at radius 3 is 2.27 bits per heavy atom. The number of ether oxygens (including phenoxy) is 1. The van der Waals surface area contributed by atoms with E-state index in [2.05, 4.69) is 6.92 Å². The van der Waals surface area contributed by atoms with E-state index in [9.17, 15) is 0 Å². The van der Waals surface area contributed by atoms with Gasteiger partial charge in [0.1, 0.15) is 0 Å². The number of fused-ring (bicyclic) bond motifs is 1. The molecule has 2 spiro atoms. The van der Waals surface area contributed by atoms with Crippen LogP contribution in [-0.2, 0) is 4.74 Å². The number of rotatable bonds is 0. The van der Waals surface area contributed by atoms with Crippen LogP contribution in [-0.4, -0.2) is 12.7 Å². The fourth-order valence-electron chi connectivity index (χ4n) is 3.24. The first-order valence-corrected chi connectivity index (χ1v) is 4.91. The van der Waals surface area contributed by atoms with Crippen LogP contribution in [0.3, 0.4) is 0 Å². The van der Waals surface area contributed by atoms with Gasteiger partial charge < -0.3 is 4.74 Å². The Kier molecular flexibility index (Phi) is 0.976. The lowest BCUT2D eigenvalue weighted by Crippen LogP contribution is -2.37. The van der Waals surface area contributed by atoms with Crippen LogP contribution < -0.4 is 0 Å². The lowest BCUT2D eigenvalue weighted by Gasteiger charge is -2.37. The summed E-state index contributed by atoms with van der Waals surface area (Å²) < 4.78 is 5.73. The molecule has 3 fully saturated rings. The molecule has 11 heavy (non-hydrogen) atoms. The Morgan fingerprint density at radius 2 is 1.82 bits per heavy atom. The second-order valence-corrected chi connectivity index (χ2v) is 4.70. The van der Waals surface area contributed by atoms with Gasteiger partial charge in [-0.3, -0.25) is 0 Å². The second kappa shape index (κ2) is 1.66. The standard InChI is InChI=1S/C10H16O/c1-8-10(4-5-10)9(2-3-9)6-7-11-8/h8H,2-7H2,1H3/t8-/m0/s1. The van der Waals surface area contributed by atoms with Crippen LogP contribution in [0.2, 0.25) is 0 Å². The quantitative estimate of drug-likeness (QED) is 0.517. The van der Waals surface area contributed by atoms with Crippen LogP contribution in [0.5, 0.6) is 0 Å². The molecule has 0 radical (unpaired) electrons. The van der Waals surface area contributed by atoms with E-state index in [0.29, 0.717) is 11.5 Å². The maximum Gasteiger partial charge on any atom is 0.0608 e. The summed E-state index contributed by atoms with van der Waals surface area (Å²) >= 11 is 0. The van der Waals surface area contributed by atoms with Gasteiger partial charge in [0, 0.05) is 12.0 Å². The average molecular weight is 152 g/mol. The summed E-state index contributed by atoms with van der Waals surface area (Å²) in [4.78, 5) is 0. The van der Waals surface area contributed by atoms with E-state index >= 15 is 0 Å². The zero-order chi connectivity index (χ0) is 7.53. The maximum atomic E-state index is 5.73. The SMILES string of the molecule is C[C@@H]1OCCC2(CC2)C12CC2. The molecule has 1 saturated heterocycles. The van der Waals surface area contributed by atoms with Crippen LogP contribution in [0.4, 0.5) is 0 Å². The highest BCUT2D eigenvalue weighted by Crippen LogP contribution is 2.75. The highest BCUT2D eigenvalue weighted by atomic mass is 16.5. The van der Waals surface area contributed by atoms with Crippen molar-refractivity contribution >= 4 is 0 Å². The minimum atomic E-state index is 0.568. The largest absolute Gasteiger partial charge is 0.378 e. The first-order chi connectivity index (χ1) is 5.29. The van der Waals surface area contributed by atoms with Crippen molar-refractivity contribution in [3.63, 3.8) is 0 Å². The summed E-state index contributed by atoms with van der Waals surface area (Å²) in [5.74, 6) is 0. The van der Waals surface area contributed by atoms with Crippen LogP contribution >= 0.6 is 0 Å². The molecule has 0 aromatic carbocycles. The summed E-state index contributed by atoms with van der Waals surface area (Å²) in [5.41, 5.74) is 1.45. The summed E-state index contributed by atoms with van der Waals surface area (Å²) in [6.07, 6.45) is 7.83. The van der Waals surface area contributed by atoms with Gasteiger partial charge in [-0.25, -0.2) is 0 Å². The second-order valence-electron chi connectivity index (χ2n) is 4.70. The molecule has 0 unspecified atom stereocenters. The third kappa shape index (κ3) is 0.618. The van der Waals surface area contributed by atoms with Gasteiger partial charge >= 0.3 is 0 Å². The normalized spacial score (nSPS) is 42.8. The molecule has 2 saturated carbocycles. The van der Waals surface area contributed by atoms with Crippen molar-refractivity contribution in [1.29, 1.82) is 0 Å². The summed E-state index contributed by atoms with van der Waals surface area (Å²) in [6.45, 7) is 3.31. The van der Waals surface area contributed by atoms with E-state index in [4.69, 9.17) is 4.74 Å². The maximum absolute atomic E-state index is 5.73. The molecule has 0 bridgehead atoms. The molecule has 1 heteroatoms. The predicted octanol–water partition coefficient (Wildman–Crippen LogP) is 2.36. The molecule has 1 atom stereocenters. The van der Waals surface area contributed by atoms with E-state index in [-0.39, 0.29) is 0 Å². The Bertz CT molecular complexity index is 189. The molecule has 0 N–H and O–H groups in total. The third-order valence-corrected chi connectivity index (χ3v) is 4.43. The van der Waals surface area contributed by atoms with Crippen molar-refractivity contribution in [3.05, 3.63) is 0 Å². The minimum Gasteiger partial charge on any atom is -0.378 e. The molecule has 0 aromatic heterocycles. The Hall–Kier alpha value is -0.0400. The topological polar surface area (TPSA) is 9.23 Å². The molecule has 1 heterocycles. The minimum absolute atomic E-state index is 0.568. The summed E-state index contributed by atoms with van der Waals surface area (Å²) in [7, 11) is 0. The van der Waals surface area contributed by atoms with Crippen LogP contribution in [0.15, 0.2) is 0 Å². The van der Waals surface area contributed by atoms with Crippen LogP contribution in [0.25, 0.3) is 0 Å². The fourth-order valence-corrected chi connectivity index (χ4v) is 3.24. The number of hydrogen-bond acceptors (Lipinski definition) is 1. The molecule has 0 amide bonds. The van der Waals surface area contributed by atoms with Gasteiger partial charge in [0.2, 0.25) is 0 Å².